The zero-order valence-corrected chi connectivity index (χ0v) is 21.0. The number of thiophene rings is 1. The van der Waals surface area contributed by atoms with Crippen LogP contribution in [0.5, 0.6) is 5.75 Å². The number of halogens is 3. The number of nitrogens with zero attached hydrogens (tertiary/aromatic N) is 3. The third-order valence-electron chi connectivity index (χ3n) is 5.33. The lowest BCUT2D eigenvalue weighted by atomic mass is 10.2. The molecule has 0 unspecified atom stereocenters. The number of carbonyl (C=O) groups excluding carboxylic acids is 1. The molecule has 0 bridgehead atoms. The molecule has 5 rings (SSSR count). The van der Waals surface area contributed by atoms with Crippen molar-refractivity contribution in [2.24, 2.45) is 0 Å². The Morgan fingerprint density at radius 1 is 0.974 bits per heavy atom. The van der Waals surface area contributed by atoms with Gasteiger partial charge in [-0.2, -0.15) is 13.2 Å². The number of alkyl halides is 3. The minimum Gasteiger partial charge on any atom is -0.508 e. The summed E-state index contributed by atoms with van der Waals surface area (Å²) in [7, 11) is 0. The van der Waals surface area contributed by atoms with E-state index in [0.717, 1.165) is 37.7 Å². The van der Waals surface area contributed by atoms with Crippen LogP contribution in [0, 0.1) is 0 Å². The molecule has 0 fully saturated rings. The molecular formula is C25H19F3N6O2S2. The summed E-state index contributed by atoms with van der Waals surface area (Å²) in [5.41, 5.74) is 0.858. The first kappa shape index (κ1) is 25.4. The fourth-order valence-corrected chi connectivity index (χ4v) is 5.48. The summed E-state index contributed by atoms with van der Waals surface area (Å²) in [5.74, 6) is 0.880. The largest absolute Gasteiger partial charge is 0.508 e. The van der Waals surface area contributed by atoms with Crippen molar-refractivity contribution in [2.75, 3.05) is 22.5 Å². The maximum atomic E-state index is 12.9. The normalized spacial score (nSPS) is 11.4. The van der Waals surface area contributed by atoms with E-state index in [1.54, 1.807) is 24.4 Å². The van der Waals surface area contributed by atoms with Gasteiger partial charge >= 0.3 is 12.2 Å². The molecule has 0 radical (unpaired) electrons. The van der Waals surface area contributed by atoms with Crippen molar-refractivity contribution in [1.29, 1.82) is 0 Å². The molecule has 38 heavy (non-hydrogen) atoms. The molecule has 194 valence electrons. The Morgan fingerprint density at radius 3 is 2.63 bits per heavy atom. The SMILES string of the molecule is O=C(Nc1cccc(C(F)(F)F)c1)Nc1ncc(CCNc2ncnc3cc(-c4cccc(O)c4)sc23)s1. The molecule has 0 aliphatic heterocycles. The molecule has 0 saturated heterocycles. The molecule has 3 heterocycles. The number of thiazole rings is 1. The summed E-state index contributed by atoms with van der Waals surface area (Å²) in [6, 6.07) is 12.7. The number of hydrogen-bond acceptors (Lipinski definition) is 8. The van der Waals surface area contributed by atoms with E-state index in [2.05, 4.69) is 30.9 Å². The van der Waals surface area contributed by atoms with E-state index >= 15 is 0 Å². The highest BCUT2D eigenvalue weighted by Gasteiger charge is 2.30. The summed E-state index contributed by atoms with van der Waals surface area (Å²) >= 11 is 2.78. The molecule has 13 heteroatoms. The van der Waals surface area contributed by atoms with Gasteiger partial charge in [-0.05, 0) is 42.0 Å². The van der Waals surface area contributed by atoms with E-state index < -0.39 is 17.8 Å². The fourth-order valence-electron chi connectivity index (χ4n) is 3.60. The van der Waals surface area contributed by atoms with Gasteiger partial charge in [0.15, 0.2) is 5.13 Å². The number of anilines is 3. The lowest BCUT2D eigenvalue weighted by Gasteiger charge is -2.09. The lowest BCUT2D eigenvalue weighted by molar-refractivity contribution is -0.137. The molecule has 2 amide bonds. The molecule has 0 aliphatic carbocycles. The van der Waals surface area contributed by atoms with Crippen molar-refractivity contribution in [3.63, 3.8) is 0 Å². The van der Waals surface area contributed by atoms with Crippen molar-refractivity contribution in [1.82, 2.24) is 15.0 Å². The predicted octanol–water partition coefficient (Wildman–Crippen LogP) is 6.84. The summed E-state index contributed by atoms with van der Waals surface area (Å²) in [6.07, 6.45) is -0.777. The molecule has 0 spiro atoms. The number of benzene rings is 2. The number of aromatic hydroxyl groups is 1. The minimum absolute atomic E-state index is 0.0234. The van der Waals surface area contributed by atoms with Crippen LogP contribution in [0.1, 0.15) is 10.4 Å². The van der Waals surface area contributed by atoms with Crippen molar-refractivity contribution < 1.29 is 23.1 Å². The second-order valence-corrected chi connectivity index (χ2v) is 10.2. The summed E-state index contributed by atoms with van der Waals surface area (Å²) in [5, 5.41) is 18.3. The van der Waals surface area contributed by atoms with Crippen molar-refractivity contribution in [3.8, 4) is 16.2 Å². The second-order valence-electron chi connectivity index (χ2n) is 8.06. The molecule has 8 nitrogen and oxygen atoms in total. The van der Waals surface area contributed by atoms with E-state index in [-0.39, 0.29) is 11.4 Å². The Morgan fingerprint density at radius 2 is 1.82 bits per heavy atom. The maximum absolute atomic E-state index is 12.9. The number of fused-ring (bicyclic) bond motifs is 1. The topological polar surface area (TPSA) is 112 Å². The van der Waals surface area contributed by atoms with Gasteiger partial charge in [0.1, 0.15) is 17.9 Å². The Hall–Kier alpha value is -4.23. The maximum Gasteiger partial charge on any atom is 0.416 e. The van der Waals surface area contributed by atoms with Crippen LogP contribution in [0.25, 0.3) is 20.7 Å². The van der Waals surface area contributed by atoms with Crippen LogP contribution in [0.15, 0.2) is 67.1 Å². The number of urea groups is 1. The number of rotatable bonds is 7. The van der Waals surface area contributed by atoms with Gasteiger partial charge in [0.2, 0.25) is 0 Å². The number of phenolic OH excluding ortho intramolecular Hbond substituents is 1. The van der Waals surface area contributed by atoms with Gasteiger partial charge in [0.25, 0.3) is 0 Å². The first-order chi connectivity index (χ1) is 18.2. The monoisotopic (exact) mass is 556 g/mol. The zero-order valence-electron chi connectivity index (χ0n) is 19.4. The van der Waals surface area contributed by atoms with E-state index in [9.17, 15) is 23.1 Å². The number of carbonyl (C=O) groups is 1. The average molecular weight is 557 g/mol. The van der Waals surface area contributed by atoms with Crippen LogP contribution >= 0.6 is 22.7 Å². The molecular weight excluding hydrogens is 537 g/mol. The summed E-state index contributed by atoms with van der Waals surface area (Å²) in [4.78, 5) is 26.9. The number of phenols is 1. The van der Waals surface area contributed by atoms with Crippen LogP contribution in [-0.4, -0.2) is 32.6 Å². The van der Waals surface area contributed by atoms with Crippen LogP contribution in [0.4, 0.5) is 34.6 Å². The molecule has 0 saturated carbocycles. The van der Waals surface area contributed by atoms with Crippen LogP contribution < -0.4 is 16.0 Å². The van der Waals surface area contributed by atoms with Gasteiger partial charge < -0.3 is 15.7 Å². The Balaban J connectivity index is 1.17. The van der Waals surface area contributed by atoms with Gasteiger partial charge in [-0.1, -0.05) is 18.2 Å². The predicted molar refractivity (Wildman–Crippen MR) is 143 cm³/mol. The van der Waals surface area contributed by atoms with Crippen LogP contribution in [0.3, 0.4) is 0 Å². The molecule has 0 atom stereocenters. The number of nitrogens with one attached hydrogen (secondary N) is 3. The average Bonchev–Trinajstić information content (AvgIpc) is 3.51. The van der Waals surface area contributed by atoms with E-state index in [4.69, 9.17) is 0 Å². The smallest absolute Gasteiger partial charge is 0.416 e. The van der Waals surface area contributed by atoms with E-state index in [1.807, 2.05) is 12.1 Å². The van der Waals surface area contributed by atoms with Crippen molar-refractivity contribution in [3.05, 3.63) is 77.6 Å². The number of amides is 2. The molecule has 3 aromatic heterocycles. The molecule has 0 aliphatic rings. The molecule has 4 N–H and O–H groups in total. The highest BCUT2D eigenvalue weighted by atomic mass is 32.1. The lowest BCUT2D eigenvalue weighted by Crippen LogP contribution is -2.19. The Labute approximate surface area is 222 Å². The van der Waals surface area contributed by atoms with Crippen molar-refractivity contribution >= 4 is 55.6 Å². The van der Waals surface area contributed by atoms with Crippen molar-refractivity contribution in [2.45, 2.75) is 12.6 Å². The van der Waals surface area contributed by atoms with Gasteiger partial charge in [-0.3, -0.25) is 5.32 Å². The standard InChI is InChI=1S/C25H19F3N6O2S2/c26-25(27,28)15-4-2-5-16(10-15)33-23(36)34-24-30-12-18(37-24)7-8-29-22-21-19(31-13-32-22)11-20(38-21)14-3-1-6-17(35)9-14/h1-6,9-13,35H,7-8H2,(H,29,31,32)(H2,30,33,34,36). The zero-order chi connectivity index (χ0) is 26.7. The van der Waals surface area contributed by atoms with Gasteiger partial charge in [0, 0.05) is 34.6 Å². The highest BCUT2D eigenvalue weighted by molar-refractivity contribution is 7.22. The van der Waals surface area contributed by atoms with Gasteiger partial charge in [-0.15, -0.1) is 22.7 Å². The van der Waals surface area contributed by atoms with Gasteiger partial charge in [0.05, 0.1) is 15.8 Å². The highest BCUT2D eigenvalue weighted by Crippen LogP contribution is 2.36. The molecule has 5 aromatic rings. The quantitative estimate of drug-likeness (QED) is 0.175. The Bertz CT molecular complexity index is 1600. The van der Waals surface area contributed by atoms with Gasteiger partial charge in [-0.25, -0.2) is 19.7 Å². The first-order valence-corrected chi connectivity index (χ1v) is 12.9. The fraction of sp³-hybridized carbons (Fsp3) is 0.120. The van der Waals surface area contributed by atoms with E-state index in [0.29, 0.717) is 23.9 Å². The third-order valence-corrected chi connectivity index (χ3v) is 7.48. The number of aromatic nitrogens is 3. The van der Waals surface area contributed by atoms with Crippen LogP contribution in [-0.2, 0) is 12.6 Å². The molecule has 2 aromatic carbocycles. The summed E-state index contributed by atoms with van der Waals surface area (Å²) in [6.45, 7) is 0.545. The van der Waals surface area contributed by atoms with Crippen LogP contribution in [0.2, 0.25) is 0 Å². The first-order valence-electron chi connectivity index (χ1n) is 11.2. The summed E-state index contributed by atoms with van der Waals surface area (Å²) < 4.78 is 39.5. The Kier molecular flexibility index (Phi) is 7.11. The minimum atomic E-state index is -4.50. The second kappa shape index (κ2) is 10.6. The third kappa shape index (κ3) is 6.01. The number of hydrogen-bond donors (Lipinski definition) is 4. The van der Waals surface area contributed by atoms with E-state index in [1.165, 1.54) is 41.1 Å².